The minimum absolute atomic E-state index is 0.0580. The Morgan fingerprint density at radius 1 is 0.889 bits per heavy atom. The highest BCUT2D eigenvalue weighted by Gasteiger charge is 2.34. The molecule has 0 N–H and O–H groups in total. The molecule has 7 heteroatoms. The predicted octanol–water partition coefficient (Wildman–Crippen LogP) is 1.48. The minimum Gasteiger partial charge on any atom is -0.341 e. The molecule has 0 spiro atoms. The second kappa shape index (κ2) is 9.57. The monoisotopic (exact) mass is 398 g/mol. The Hall–Kier alpha value is -0.850. The lowest BCUT2D eigenvalue weighted by Gasteiger charge is -2.43. The Balaban J connectivity index is 1.40. The topological polar surface area (TPSA) is 47.1 Å². The van der Waals surface area contributed by atoms with Gasteiger partial charge < -0.3 is 19.6 Å². The van der Waals surface area contributed by atoms with Crippen LogP contribution in [0.3, 0.4) is 0 Å². The lowest BCUT2D eigenvalue weighted by Crippen LogP contribution is -2.53. The van der Waals surface area contributed by atoms with Crippen LogP contribution in [0.5, 0.6) is 0 Å². The van der Waals surface area contributed by atoms with Crippen LogP contribution in [0.25, 0.3) is 0 Å². The van der Waals surface area contributed by atoms with Crippen LogP contribution < -0.4 is 0 Å². The zero-order chi connectivity index (χ0) is 19.4. The van der Waals surface area contributed by atoms with Gasteiger partial charge in [0.05, 0.1) is 0 Å². The van der Waals surface area contributed by atoms with Crippen molar-refractivity contribution in [1.29, 1.82) is 0 Å². The van der Waals surface area contributed by atoms with Gasteiger partial charge in [-0.25, -0.2) is 0 Å². The van der Waals surface area contributed by atoms with Crippen molar-refractivity contribution in [1.82, 2.24) is 19.6 Å². The van der Waals surface area contributed by atoms with E-state index < -0.39 is 5.38 Å². The zero-order valence-corrected chi connectivity index (χ0v) is 17.7. The molecule has 3 heterocycles. The maximum Gasteiger partial charge on any atom is 0.240 e. The normalized spacial score (nSPS) is 25.6. The summed E-state index contributed by atoms with van der Waals surface area (Å²) < 4.78 is 0. The van der Waals surface area contributed by atoms with Gasteiger partial charge in [0.2, 0.25) is 11.8 Å². The molecule has 3 fully saturated rings. The number of amides is 2. The summed E-state index contributed by atoms with van der Waals surface area (Å²) in [6.07, 6.45) is 4.00. The number of hydrogen-bond donors (Lipinski definition) is 0. The van der Waals surface area contributed by atoms with Gasteiger partial charge in [-0.2, -0.15) is 0 Å². The summed E-state index contributed by atoms with van der Waals surface area (Å²) >= 11 is 5.93. The summed E-state index contributed by atoms with van der Waals surface area (Å²) in [4.78, 5) is 33.8. The van der Waals surface area contributed by atoms with Crippen LogP contribution in [0.15, 0.2) is 0 Å². The summed E-state index contributed by atoms with van der Waals surface area (Å²) in [5, 5.41) is -0.428. The molecule has 154 valence electrons. The van der Waals surface area contributed by atoms with E-state index in [1.54, 1.807) is 6.92 Å². The van der Waals surface area contributed by atoms with Crippen molar-refractivity contribution < 1.29 is 9.59 Å². The van der Waals surface area contributed by atoms with Crippen molar-refractivity contribution in [3.05, 3.63) is 0 Å². The molecular formula is C20H35ClN4O2. The number of carbonyl (C=O) groups excluding carboxylic acids is 2. The summed E-state index contributed by atoms with van der Waals surface area (Å²) in [5.74, 6) is 0.637. The Bertz CT molecular complexity index is 506. The van der Waals surface area contributed by atoms with Gasteiger partial charge in [-0.05, 0) is 52.2 Å². The first kappa shape index (κ1) is 20.9. The van der Waals surface area contributed by atoms with Crippen molar-refractivity contribution in [3.63, 3.8) is 0 Å². The van der Waals surface area contributed by atoms with Crippen LogP contribution in [0.4, 0.5) is 0 Å². The van der Waals surface area contributed by atoms with Gasteiger partial charge >= 0.3 is 0 Å². The van der Waals surface area contributed by atoms with Crippen molar-refractivity contribution in [2.75, 3.05) is 58.9 Å². The molecule has 6 nitrogen and oxygen atoms in total. The first-order valence-electron chi connectivity index (χ1n) is 10.7. The number of piperidine rings is 2. The van der Waals surface area contributed by atoms with Gasteiger partial charge in [0.15, 0.2) is 0 Å². The number of likely N-dealkylation sites (N-methyl/N-ethyl adjacent to an activating group) is 1. The molecule has 0 radical (unpaired) electrons. The van der Waals surface area contributed by atoms with Gasteiger partial charge in [0.25, 0.3) is 0 Å². The van der Waals surface area contributed by atoms with Crippen molar-refractivity contribution in [2.24, 2.45) is 5.92 Å². The number of nitrogens with zero attached hydrogens (tertiary/aromatic N) is 4. The fourth-order valence-corrected chi connectivity index (χ4v) is 4.90. The number of hydrogen-bond acceptors (Lipinski definition) is 4. The van der Waals surface area contributed by atoms with E-state index in [-0.39, 0.29) is 11.8 Å². The number of alkyl halides is 1. The van der Waals surface area contributed by atoms with Gasteiger partial charge in [-0.3, -0.25) is 9.59 Å². The molecule has 0 aliphatic carbocycles. The highest BCUT2D eigenvalue weighted by molar-refractivity contribution is 6.30. The predicted molar refractivity (Wildman–Crippen MR) is 108 cm³/mol. The average Bonchev–Trinajstić information content (AvgIpc) is 2.73. The molecule has 0 saturated carbocycles. The quantitative estimate of drug-likeness (QED) is 0.673. The molecule has 0 aromatic carbocycles. The third kappa shape index (κ3) is 5.15. The number of piperazine rings is 1. The van der Waals surface area contributed by atoms with E-state index in [1.807, 2.05) is 4.90 Å². The van der Waals surface area contributed by atoms with Crippen LogP contribution in [-0.2, 0) is 9.59 Å². The lowest BCUT2D eigenvalue weighted by atomic mass is 9.92. The Kier molecular flexibility index (Phi) is 7.40. The second-order valence-corrected chi connectivity index (χ2v) is 8.90. The molecule has 1 atom stereocenters. The van der Waals surface area contributed by atoms with Crippen LogP contribution in [0.2, 0.25) is 0 Å². The fourth-order valence-electron chi connectivity index (χ4n) is 4.76. The van der Waals surface area contributed by atoms with E-state index in [0.29, 0.717) is 11.9 Å². The molecule has 0 bridgehead atoms. The first-order valence-corrected chi connectivity index (χ1v) is 11.1. The fraction of sp³-hybridized carbons (Fsp3) is 0.900. The van der Waals surface area contributed by atoms with Crippen LogP contribution >= 0.6 is 11.6 Å². The van der Waals surface area contributed by atoms with E-state index in [2.05, 4.69) is 21.6 Å². The summed E-state index contributed by atoms with van der Waals surface area (Å²) in [6.45, 7) is 12.4. The van der Waals surface area contributed by atoms with Crippen LogP contribution in [0, 0.1) is 5.92 Å². The highest BCUT2D eigenvalue weighted by atomic mass is 35.5. The summed E-state index contributed by atoms with van der Waals surface area (Å²) in [5.41, 5.74) is 0. The second-order valence-electron chi connectivity index (χ2n) is 8.24. The summed E-state index contributed by atoms with van der Waals surface area (Å²) in [7, 11) is 0. The average molecular weight is 399 g/mol. The molecule has 3 saturated heterocycles. The van der Waals surface area contributed by atoms with E-state index >= 15 is 0 Å². The standard InChI is InChI=1S/C20H35ClN4O2/c1-3-22-12-14-25(15-13-22)20(27)17-4-8-23(9-5-17)18-6-10-24(11-7-18)19(26)16(2)21/h16-18H,3-15H2,1-2H3. The Morgan fingerprint density at radius 3 is 2.00 bits per heavy atom. The van der Waals surface area contributed by atoms with Crippen LogP contribution in [-0.4, -0.2) is 102 Å². The minimum atomic E-state index is -0.428. The van der Waals surface area contributed by atoms with E-state index in [0.717, 1.165) is 84.6 Å². The van der Waals surface area contributed by atoms with Gasteiger partial charge in [-0.15, -0.1) is 11.6 Å². The molecule has 0 aromatic heterocycles. The molecule has 0 aromatic rings. The first-order chi connectivity index (χ1) is 13.0. The number of carbonyl (C=O) groups is 2. The highest BCUT2D eigenvalue weighted by Crippen LogP contribution is 2.26. The number of halogens is 1. The third-order valence-corrected chi connectivity index (χ3v) is 6.83. The van der Waals surface area contributed by atoms with E-state index in [4.69, 9.17) is 11.6 Å². The van der Waals surface area contributed by atoms with Gasteiger partial charge in [0, 0.05) is 51.2 Å². The van der Waals surface area contributed by atoms with E-state index in [9.17, 15) is 9.59 Å². The molecule has 1 unspecified atom stereocenters. The van der Waals surface area contributed by atoms with Crippen molar-refractivity contribution in [3.8, 4) is 0 Å². The summed E-state index contributed by atoms with van der Waals surface area (Å²) in [6, 6.07) is 0.545. The molecule has 3 rings (SSSR count). The van der Waals surface area contributed by atoms with Crippen molar-refractivity contribution in [2.45, 2.75) is 50.9 Å². The largest absolute Gasteiger partial charge is 0.341 e. The molecule has 3 aliphatic heterocycles. The van der Waals surface area contributed by atoms with Crippen LogP contribution in [0.1, 0.15) is 39.5 Å². The number of likely N-dealkylation sites (tertiary alicyclic amines) is 2. The SMILES string of the molecule is CCN1CCN(C(=O)C2CCN(C3CCN(C(=O)C(C)Cl)CC3)CC2)CC1. The van der Waals surface area contributed by atoms with E-state index in [1.165, 1.54) is 0 Å². The Labute approximate surface area is 168 Å². The molecular weight excluding hydrogens is 364 g/mol. The van der Waals surface area contributed by atoms with Crippen molar-refractivity contribution >= 4 is 23.4 Å². The van der Waals surface area contributed by atoms with Gasteiger partial charge in [-0.1, -0.05) is 6.92 Å². The smallest absolute Gasteiger partial charge is 0.240 e. The Morgan fingerprint density at radius 2 is 1.48 bits per heavy atom. The number of rotatable bonds is 4. The molecule has 3 aliphatic rings. The zero-order valence-electron chi connectivity index (χ0n) is 16.9. The maximum atomic E-state index is 12.8. The molecule has 27 heavy (non-hydrogen) atoms. The lowest BCUT2D eigenvalue weighted by molar-refractivity contribution is -0.139. The molecule has 2 amide bonds. The van der Waals surface area contributed by atoms with Gasteiger partial charge in [0.1, 0.15) is 5.38 Å². The maximum absolute atomic E-state index is 12.8. The third-order valence-electron chi connectivity index (χ3n) is 6.64.